The number of aromatic nitrogens is 2. The second-order valence-electron chi connectivity index (χ2n) is 8.27. The van der Waals surface area contributed by atoms with Gasteiger partial charge in [-0.3, -0.25) is 0 Å². The lowest BCUT2D eigenvalue weighted by Crippen LogP contribution is -2.23. The number of hydrogen-bond donors (Lipinski definition) is 1. The summed E-state index contributed by atoms with van der Waals surface area (Å²) in [4.78, 5) is 23.5. The maximum Gasteiger partial charge on any atom is 0.338 e. The molecule has 0 fully saturated rings. The summed E-state index contributed by atoms with van der Waals surface area (Å²) in [5, 5.41) is 13.8. The highest BCUT2D eigenvalue weighted by Crippen LogP contribution is 2.26. The van der Waals surface area contributed by atoms with Gasteiger partial charge < -0.3 is 14.6 Å². The number of benzene rings is 2. The van der Waals surface area contributed by atoms with E-state index in [-0.39, 0.29) is 18.1 Å². The molecule has 162 valence electrons. The third-order valence-corrected chi connectivity index (χ3v) is 4.61. The Morgan fingerprint density at radius 2 is 1.71 bits per heavy atom. The van der Waals surface area contributed by atoms with Gasteiger partial charge in [0.2, 0.25) is 5.88 Å². The van der Waals surface area contributed by atoms with Crippen molar-refractivity contribution in [3.05, 3.63) is 76.5 Å². The van der Waals surface area contributed by atoms with Crippen LogP contribution in [0, 0.1) is 13.8 Å². The monoisotopic (exact) mass is 422 g/mol. The molecule has 0 saturated heterocycles. The van der Waals surface area contributed by atoms with Crippen molar-refractivity contribution in [2.75, 3.05) is 0 Å². The number of carboxylic acid groups (broad SMARTS) is 1. The van der Waals surface area contributed by atoms with E-state index in [9.17, 15) is 14.7 Å². The average molecular weight is 422 g/mol. The molecule has 1 aromatic heterocycles. The van der Waals surface area contributed by atoms with Crippen molar-refractivity contribution in [2.24, 2.45) is 0 Å². The lowest BCUT2D eigenvalue weighted by molar-refractivity contribution is 0.00692. The predicted octanol–water partition coefficient (Wildman–Crippen LogP) is 4.72. The molecule has 3 rings (SSSR count). The van der Waals surface area contributed by atoms with Crippen LogP contribution in [0.5, 0.6) is 5.88 Å². The van der Waals surface area contributed by atoms with Crippen LogP contribution in [-0.2, 0) is 11.3 Å². The van der Waals surface area contributed by atoms with Crippen LogP contribution < -0.4 is 4.74 Å². The molecule has 0 radical (unpaired) electrons. The third kappa shape index (κ3) is 5.31. The van der Waals surface area contributed by atoms with Gasteiger partial charge in [-0.2, -0.15) is 5.10 Å². The molecule has 7 nitrogen and oxygen atoms in total. The van der Waals surface area contributed by atoms with E-state index in [1.807, 2.05) is 46.8 Å². The minimum absolute atomic E-state index is 0.173. The second-order valence-corrected chi connectivity index (χ2v) is 8.27. The average Bonchev–Trinajstić information content (AvgIpc) is 2.99. The number of hydrogen-bond acceptors (Lipinski definition) is 5. The SMILES string of the molecule is Cc1nn(-c2cccc(C(=O)O)c2)c(OCc2ccc(C(=O)OC(C)(C)C)cc2)c1C. The van der Waals surface area contributed by atoms with Crippen LogP contribution in [0.3, 0.4) is 0 Å². The number of nitrogens with zero attached hydrogens (tertiary/aromatic N) is 2. The number of esters is 1. The number of aryl methyl sites for hydroxylation is 1. The van der Waals surface area contributed by atoms with E-state index in [1.165, 1.54) is 6.07 Å². The summed E-state index contributed by atoms with van der Waals surface area (Å²) >= 11 is 0. The van der Waals surface area contributed by atoms with Crippen molar-refractivity contribution in [2.45, 2.75) is 46.8 Å². The van der Waals surface area contributed by atoms with Gasteiger partial charge in [-0.25, -0.2) is 14.3 Å². The van der Waals surface area contributed by atoms with Crippen LogP contribution in [0.15, 0.2) is 48.5 Å². The Hall–Kier alpha value is -3.61. The molecule has 0 aliphatic heterocycles. The summed E-state index contributed by atoms with van der Waals surface area (Å²) in [5.74, 6) is -0.839. The number of aromatic carboxylic acids is 1. The quantitative estimate of drug-likeness (QED) is 0.578. The lowest BCUT2D eigenvalue weighted by Gasteiger charge is -2.19. The van der Waals surface area contributed by atoms with Crippen LogP contribution in [0.4, 0.5) is 0 Å². The van der Waals surface area contributed by atoms with Crippen LogP contribution in [0.2, 0.25) is 0 Å². The van der Waals surface area contributed by atoms with Gasteiger partial charge in [0.1, 0.15) is 12.2 Å². The Kier molecular flexibility index (Phi) is 6.15. The van der Waals surface area contributed by atoms with Gasteiger partial charge >= 0.3 is 11.9 Å². The first-order valence-electron chi connectivity index (χ1n) is 9.90. The molecule has 1 heterocycles. The zero-order valence-corrected chi connectivity index (χ0v) is 18.3. The van der Waals surface area contributed by atoms with Crippen LogP contribution in [-0.4, -0.2) is 32.4 Å². The number of carbonyl (C=O) groups is 2. The Balaban J connectivity index is 1.79. The van der Waals surface area contributed by atoms with Crippen LogP contribution >= 0.6 is 0 Å². The van der Waals surface area contributed by atoms with Gasteiger partial charge in [0.15, 0.2) is 0 Å². The second kappa shape index (κ2) is 8.63. The Morgan fingerprint density at radius 3 is 2.32 bits per heavy atom. The summed E-state index contributed by atoms with van der Waals surface area (Å²) in [6.45, 7) is 9.52. The summed E-state index contributed by atoms with van der Waals surface area (Å²) in [7, 11) is 0. The van der Waals surface area contributed by atoms with E-state index >= 15 is 0 Å². The van der Waals surface area contributed by atoms with Crippen molar-refractivity contribution >= 4 is 11.9 Å². The molecule has 3 aromatic rings. The molecule has 31 heavy (non-hydrogen) atoms. The minimum Gasteiger partial charge on any atom is -0.478 e. The van der Waals surface area contributed by atoms with E-state index in [0.29, 0.717) is 17.1 Å². The zero-order chi connectivity index (χ0) is 22.8. The van der Waals surface area contributed by atoms with E-state index in [2.05, 4.69) is 5.10 Å². The number of ether oxygens (including phenoxy) is 2. The van der Waals surface area contributed by atoms with Crippen molar-refractivity contribution in [1.82, 2.24) is 9.78 Å². The predicted molar refractivity (Wildman–Crippen MR) is 116 cm³/mol. The third-order valence-electron chi connectivity index (χ3n) is 4.61. The van der Waals surface area contributed by atoms with Gasteiger partial charge in [-0.05, 0) is 70.5 Å². The molecule has 1 N–H and O–H groups in total. The van der Waals surface area contributed by atoms with Gasteiger partial charge in [0.25, 0.3) is 0 Å². The Bertz CT molecular complexity index is 1110. The molecular formula is C24H26N2O5. The lowest BCUT2D eigenvalue weighted by atomic mass is 10.1. The van der Waals surface area contributed by atoms with E-state index < -0.39 is 11.6 Å². The molecule has 0 saturated carbocycles. The fourth-order valence-electron chi connectivity index (χ4n) is 2.92. The van der Waals surface area contributed by atoms with E-state index in [4.69, 9.17) is 9.47 Å². The first kappa shape index (κ1) is 22.1. The minimum atomic E-state index is -1.00. The number of rotatable bonds is 6. The molecule has 7 heteroatoms. The molecule has 0 bridgehead atoms. The fourth-order valence-corrected chi connectivity index (χ4v) is 2.92. The molecule has 0 spiro atoms. The summed E-state index contributed by atoms with van der Waals surface area (Å²) in [6.07, 6.45) is 0. The van der Waals surface area contributed by atoms with Crippen molar-refractivity contribution < 1.29 is 24.2 Å². The molecule has 0 amide bonds. The smallest absolute Gasteiger partial charge is 0.338 e. The largest absolute Gasteiger partial charge is 0.478 e. The maximum absolute atomic E-state index is 12.2. The van der Waals surface area contributed by atoms with Gasteiger partial charge in [0.05, 0.1) is 22.5 Å². The standard InChI is InChI=1S/C24H26N2O5/c1-15-16(2)25-26(20-8-6-7-19(13-20)22(27)28)21(15)30-14-17-9-11-18(12-10-17)23(29)31-24(3,4)5/h6-13H,14H2,1-5H3,(H,27,28). The molecule has 0 aliphatic carbocycles. The zero-order valence-electron chi connectivity index (χ0n) is 18.3. The highest BCUT2D eigenvalue weighted by Gasteiger charge is 2.18. The van der Waals surface area contributed by atoms with Crippen molar-refractivity contribution in [1.29, 1.82) is 0 Å². The van der Waals surface area contributed by atoms with Crippen molar-refractivity contribution in [3.8, 4) is 11.6 Å². The molecule has 0 unspecified atom stereocenters. The van der Waals surface area contributed by atoms with Gasteiger partial charge in [0, 0.05) is 5.56 Å². The normalized spacial score (nSPS) is 11.3. The fraction of sp³-hybridized carbons (Fsp3) is 0.292. The maximum atomic E-state index is 12.2. The topological polar surface area (TPSA) is 90.7 Å². The van der Waals surface area contributed by atoms with E-state index in [0.717, 1.165) is 16.8 Å². The first-order chi connectivity index (χ1) is 14.5. The summed E-state index contributed by atoms with van der Waals surface area (Å²) in [5.41, 5.74) is 3.23. The molecule has 0 aliphatic rings. The van der Waals surface area contributed by atoms with Crippen LogP contribution in [0.25, 0.3) is 5.69 Å². The summed E-state index contributed by atoms with van der Waals surface area (Å²) in [6, 6.07) is 13.6. The van der Waals surface area contributed by atoms with Gasteiger partial charge in [-0.15, -0.1) is 0 Å². The van der Waals surface area contributed by atoms with E-state index in [1.54, 1.807) is 35.0 Å². The molecule has 2 aromatic carbocycles. The first-order valence-corrected chi connectivity index (χ1v) is 9.90. The van der Waals surface area contributed by atoms with Crippen molar-refractivity contribution in [3.63, 3.8) is 0 Å². The molecule has 0 atom stereocenters. The van der Waals surface area contributed by atoms with Gasteiger partial charge in [-0.1, -0.05) is 18.2 Å². The Morgan fingerprint density at radius 1 is 1.03 bits per heavy atom. The highest BCUT2D eigenvalue weighted by molar-refractivity contribution is 5.89. The number of carboxylic acids is 1. The number of carbonyl (C=O) groups excluding carboxylic acids is 1. The Labute approximate surface area is 181 Å². The molecular weight excluding hydrogens is 396 g/mol. The summed E-state index contributed by atoms with van der Waals surface area (Å²) < 4.78 is 13.0. The highest BCUT2D eigenvalue weighted by atomic mass is 16.6. The van der Waals surface area contributed by atoms with Crippen LogP contribution in [0.1, 0.15) is 58.3 Å².